The summed E-state index contributed by atoms with van der Waals surface area (Å²) in [6.45, 7) is 2.64. The molecule has 0 saturated carbocycles. The monoisotopic (exact) mass is 385 g/mol. The minimum Gasteiger partial charge on any atom is -0.370 e. The molecule has 1 aromatic carbocycles. The number of guanidine groups is 1. The average molecular weight is 385 g/mol. The van der Waals surface area contributed by atoms with Crippen LogP contribution in [-0.4, -0.2) is 15.7 Å². The topological polar surface area (TPSA) is 68.2 Å². The van der Waals surface area contributed by atoms with Crippen LogP contribution in [0, 0.1) is 0 Å². The molecule has 0 radical (unpaired) electrons. The summed E-state index contributed by atoms with van der Waals surface area (Å²) in [5, 5.41) is 7.18. The summed E-state index contributed by atoms with van der Waals surface area (Å²) >= 11 is 0. The number of benzene rings is 1. The van der Waals surface area contributed by atoms with Crippen LogP contribution in [0.1, 0.15) is 18.2 Å². The highest BCUT2D eigenvalue weighted by Gasteiger charge is 1.99. The predicted octanol–water partition coefficient (Wildman–Crippen LogP) is 2.53. The second-order valence-electron chi connectivity index (χ2n) is 4.33. The van der Waals surface area contributed by atoms with E-state index in [0.29, 0.717) is 12.5 Å². The lowest BCUT2D eigenvalue weighted by atomic mass is 10.1. The molecule has 0 aliphatic carbocycles. The van der Waals surface area contributed by atoms with Crippen molar-refractivity contribution in [3.63, 3.8) is 0 Å². The van der Waals surface area contributed by atoms with Gasteiger partial charge in [-0.05, 0) is 30.2 Å². The Labute approximate surface area is 136 Å². The van der Waals surface area contributed by atoms with Gasteiger partial charge in [0.05, 0.1) is 12.2 Å². The molecule has 0 amide bonds. The van der Waals surface area contributed by atoms with E-state index in [1.807, 2.05) is 25.2 Å². The van der Waals surface area contributed by atoms with Crippen molar-refractivity contribution in [2.75, 3.05) is 5.32 Å². The Hall–Kier alpha value is -1.57. The lowest BCUT2D eigenvalue weighted by molar-refractivity contribution is 0.712. The maximum absolute atomic E-state index is 5.87. The molecule has 0 unspecified atom stereocenters. The summed E-state index contributed by atoms with van der Waals surface area (Å²) in [7, 11) is 1.89. The fraction of sp³-hybridized carbons (Fsp3) is 0.286. The van der Waals surface area contributed by atoms with Crippen LogP contribution in [0.4, 0.5) is 5.69 Å². The Morgan fingerprint density at radius 2 is 2.20 bits per heavy atom. The molecule has 1 heterocycles. The molecule has 108 valence electrons. The van der Waals surface area contributed by atoms with E-state index in [1.54, 1.807) is 10.9 Å². The first-order valence-corrected chi connectivity index (χ1v) is 6.32. The minimum atomic E-state index is 0. The van der Waals surface area contributed by atoms with Gasteiger partial charge in [0, 0.05) is 18.9 Å². The van der Waals surface area contributed by atoms with Gasteiger partial charge in [-0.15, -0.1) is 24.0 Å². The van der Waals surface area contributed by atoms with Gasteiger partial charge in [-0.2, -0.15) is 5.10 Å². The van der Waals surface area contributed by atoms with Crippen molar-refractivity contribution in [1.29, 1.82) is 0 Å². The molecule has 0 aliphatic heterocycles. The third-order valence-corrected chi connectivity index (χ3v) is 2.94. The number of halogens is 1. The molecular formula is C14H20IN5. The molecule has 2 aromatic rings. The lowest BCUT2D eigenvalue weighted by Gasteiger charge is -2.07. The van der Waals surface area contributed by atoms with Crippen LogP contribution in [0.2, 0.25) is 0 Å². The molecule has 20 heavy (non-hydrogen) atoms. The van der Waals surface area contributed by atoms with E-state index in [9.17, 15) is 0 Å². The number of nitrogens with two attached hydrogens (primary N) is 1. The number of nitrogens with one attached hydrogen (secondary N) is 1. The van der Waals surface area contributed by atoms with Gasteiger partial charge in [0.25, 0.3) is 0 Å². The Balaban J connectivity index is 0.00000200. The summed E-state index contributed by atoms with van der Waals surface area (Å²) < 4.78 is 1.79. The molecule has 5 nitrogen and oxygen atoms in total. The van der Waals surface area contributed by atoms with E-state index < -0.39 is 0 Å². The first kappa shape index (κ1) is 16.5. The standard InChI is InChI=1S/C14H19N5.HI/c1-3-11-5-4-6-12(9-11)18-14(15)16-10-13-7-8-17-19(13)2;/h4-9H,3,10H2,1-2H3,(H3,15,16,18);1H. The quantitative estimate of drug-likeness (QED) is 0.483. The smallest absolute Gasteiger partial charge is 0.193 e. The largest absolute Gasteiger partial charge is 0.370 e. The van der Waals surface area contributed by atoms with Gasteiger partial charge in [0.15, 0.2) is 5.96 Å². The highest BCUT2D eigenvalue weighted by molar-refractivity contribution is 14.0. The van der Waals surface area contributed by atoms with Crippen molar-refractivity contribution in [2.24, 2.45) is 17.8 Å². The van der Waals surface area contributed by atoms with Crippen LogP contribution < -0.4 is 11.1 Å². The first-order chi connectivity index (χ1) is 9.19. The lowest BCUT2D eigenvalue weighted by Crippen LogP contribution is -2.22. The Morgan fingerprint density at radius 1 is 1.40 bits per heavy atom. The average Bonchev–Trinajstić information content (AvgIpc) is 2.82. The summed E-state index contributed by atoms with van der Waals surface area (Å²) in [6.07, 6.45) is 2.75. The minimum absolute atomic E-state index is 0. The van der Waals surface area contributed by atoms with Crippen molar-refractivity contribution in [2.45, 2.75) is 19.9 Å². The molecule has 0 atom stereocenters. The highest BCUT2D eigenvalue weighted by atomic mass is 127. The normalized spacial score (nSPS) is 11.0. The molecule has 0 spiro atoms. The highest BCUT2D eigenvalue weighted by Crippen LogP contribution is 2.10. The third kappa shape index (κ3) is 4.52. The number of rotatable bonds is 4. The molecule has 0 saturated heterocycles. The molecule has 0 bridgehead atoms. The number of nitrogens with zero attached hydrogens (tertiary/aromatic N) is 3. The molecule has 0 fully saturated rings. The second-order valence-corrected chi connectivity index (χ2v) is 4.33. The van der Waals surface area contributed by atoms with E-state index in [2.05, 4.69) is 34.5 Å². The number of aliphatic imine (C=N–C) groups is 1. The Kier molecular flexibility index (Phi) is 6.50. The SMILES string of the molecule is CCc1cccc(NC(N)=NCc2ccnn2C)c1.I. The van der Waals surface area contributed by atoms with Gasteiger partial charge in [0.2, 0.25) is 0 Å². The molecular weight excluding hydrogens is 365 g/mol. The van der Waals surface area contributed by atoms with Gasteiger partial charge in [-0.3, -0.25) is 4.68 Å². The number of anilines is 1. The van der Waals surface area contributed by atoms with Crippen molar-refractivity contribution in [3.8, 4) is 0 Å². The van der Waals surface area contributed by atoms with Gasteiger partial charge < -0.3 is 11.1 Å². The number of hydrogen-bond donors (Lipinski definition) is 2. The van der Waals surface area contributed by atoms with Crippen molar-refractivity contribution >= 4 is 35.6 Å². The van der Waals surface area contributed by atoms with Crippen molar-refractivity contribution in [3.05, 3.63) is 47.8 Å². The van der Waals surface area contributed by atoms with Crippen molar-refractivity contribution in [1.82, 2.24) is 9.78 Å². The van der Waals surface area contributed by atoms with Gasteiger partial charge in [-0.25, -0.2) is 4.99 Å². The number of aryl methyl sites for hydroxylation is 2. The van der Waals surface area contributed by atoms with Crippen LogP contribution >= 0.6 is 24.0 Å². The summed E-state index contributed by atoms with van der Waals surface area (Å²) in [5.74, 6) is 0.412. The maximum Gasteiger partial charge on any atom is 0.193 e. The molecule has 1 aromatic heterocycles. The van der Waals surface area contributed by atoms with Gasteiger partial charge in [0.1, 0.15) is 0 Å². The summed E-state index contributed by atoms with van der Waals surface area (Å²) in [6, 6.07) is 10.1. The molecule has 6 heteroatoms. The van der Waals surface area contributed by atoms with E-state index in [0.717, 1.165) is 17.8 Å². The van der Waals surface area contributed by atoms with Crippen LogP contribution in [0.25, 0.3) is 0 Å². The number of hydrogen-bond acceptors (Lipinski definition) is 2. The summed E-state index contributed by atoms with van der Waals surface area (Å²) in [4.78, 5) is 4.30. The van der Waals surface area contributed by atoms with Crippen LogP contribution in [0.5, 0.6) is 0 Å². The Bertz CT molecular complexity index is 576. The van der Waals surface area contributed by atoms with Crippen LogP contribution in [0.15, 0.2) is 41.5 Å². The van der Waals surface area contributed by atoms with E-state index >= 15 is 0 Å². The molecule has 2 rings (SSSR count). The van der Waals surface area contributed by atoms with E-state index in [1.165, 1.54) is 5.56 Å². The van der Waals surface area contributed by atoms with Crippen LogP contribution in [0.3, 0.4) is 0 Å². The zero-order valence-electron chi connectivity index (χ0n) is 11.7. The fourth-order valence-electron chi connectivity index (χ4n) is 1.78. The zero-order chi connectivity index (χ0) is 13.7. The van der Waals surface area contributed by atoms with Crippen molar-refractivity contribution < 1.29 is 0 Å². The zero-order valence-corrected chi connectivity index (χ0v) is 14.0. The van der Waals surface area contributed by atoms with E-state index in [-0.39, 0.29) is 24.0 Å². The number of aromatic nitrogens is 2. The van der Waals surface area contributed by atoms with E-state index in [4.69, 9.17) is 5.73 Å². The van der Waals surface area contributed by atoms with Gasteiger partial charge >= 0.3 is 0 Å². The van der Waals surface area contributed by atoms with Gasteiger partial charge in [-0.1, -0.05) is 19.1 Å². The molecule has 3 N–H and O–H groups in total. The second kappa shape index (κ2) is 7.88. The molecule has 0 aliphatic rings. The first-order valence-electron chi connectivity index (χ1n) is 6.32. The predicted molar refractivity (Wildman–Crippen MR) is 93.4 cm³/mol. The third-order valence-electron chi connectivity index (χ3n) is 2.94. The maximum atomic E-state index is 5.87. The van der Waals surface area contributed by atoms with Crippen LogP contribution in [-0.2, 0) is 20.0 Å². The fourth-order valence-corrected chi connectivity index (χ4v) is 1.78. The summed E-state index contributed by atoms with van der Waals surface area (Å²) in [5.41, 5.74) is 9.13. The Morgan fingerprint density at radius 3 is 2.85 bits per heavy atom.